The molecule has 11 aromatic carbocycles. The molecule has 0 bridgehead atoms. The predicted octanol–water partition coefficient (Wildman–Crippen LogP) is 26.4. The van der Waals surface area contributed by atoms with E-state index in [1.807, 2.05) is 6.07 Å². The maximum absolute atomic E-state index is 15.2. The summed E-state index contributed by atoms with van der Waals surface area (Å²) >= 11 is 0. The van der Waals surface area contributed by atoms with Gasteiger partial charge in [0.2, 0.25) is 0 Å². The van der Waals surface area contributed by atoms with Crippen LogP contribution in [0.15, 0.2) is 224 Å². The van der Waals surface area contributed by atoms with Gasteiger partial charge in [0.05, 0.1) is 107 Å². The third-order valence-corrected chi connectivity index (χ3v) is 18.2. The van der Waals surface area contributed by atoms with Gasteiger partial charge in [-0.2, -0.15) is 111 Å². The maximum Gasteiger partial charge on any atom is 0.417 e. The van der Waals surface area contributed by atoms with Gasteiger partial charge in [0.1, 0.15) is 0 Å². The molecule has 14 aromatic rings. The Morgan fingerprint density at radius 1 is 0.259 bits per heavy atom. The zero-order valence-electron chi connectivity index (χ0n) is 53.7. The molecule has 0 atom stereocenters. The summed E-state index contributed by atoms with van der Waals surface area (Å²) in [5.74, 6) is -0.338. The van der Waals surface area contributed by atoms with Crippen LogP contribution in [0.2, 0.25) is 0 Å². The Morgan fingerprint density at radius 2 is 0.519 bits per heavy atom. The van der Waals surface area contributed by atoms with Crippen LogP contribution >= 0.6 is 0 Å². The second-order valence-electron chi connectivity index (χ2n) is 24.8. The summed E-state index contributed by atoms with van der Waals surface area (Å²) < 4.78 is 355. The number of fused-ring (bicyclic) bond motifs is 6. The Hall–Kier alpha value is -12.1. The third kappa shape index (κ3) is 13.4. The zero-order valence-corrected chi connectivity index (χ0v) is 53.7. The van der Waals surface area contributed by atoms with Gasteiger partial charge in [-0.15, -0.1) is 0 Å². The van der Waals surface area contributed by atoms with Crippen LogP contribution in [-0.4, -0.2) is 19.1 Å². The van der Waals surface area contributed by atoms with Crippen molar-refractivity contribution in [3.63, 3.8) is 0 Å². The minimum atomic E-state index is -5.52. The van der Waals surface area contributed by atoms with Gasteiger partial charge >= 0.3 is 49.4 Å². The average Bonchev–Trinajstić information content (AvgIpc) is 1.54. The molecule has 29 heteroatoms. The lowest BCUT2D eigenvalue weighted by molar-refractivity contribution is -0.144. The lowest BCUT2D eigenvalue weighted by Gasteiger charge is -2.21. The minimum absolute atomic E-state index is 0.136. The number of rotatable bonds is 9. The third-order valence-electron chi connectivity index (χ3n) is 18.2. The highest BCUT2D eigenvalue weighted by Crippen LogP contribution is 2.51. The summed E-state index contributed by atoms with van der Waals surface area (Å²) in [6, 6.07) is 38.2. The highest BCUT2D eigenvalue weighted by Gasteiger charge is 2.44. The van der Waals surface area contributed by atoms with Crippen molar-refractivity contribution in [1.82, 2.24) is 19.1 Å². The Bertz CT molecular complexity index is 5380. The van der Waals surface area contributed by atoms with Crippen LogP contribution in [0.25, 0.3) is 133 Å². The molecule has 546 valence electrons. The van der Waals surface area contributed by atoms with E-state index >= 15 is 52.7 Å². The molecule has 5 nitrogen and oxygen atoms in total. The molecule has 0 aliphatic heterocycles. The number of benzene rings is 11. The molecule has 0 spiro atoms. The predicted molar refractivity (Wildman–Crippen MR) is 353 cm³/mol. The lowest BCUT2D eigenvalue weighted by Crippen LogP contribution is -2.12. The zero-order chi connectivity index (χ0) is 77.5. The molecular weight excluding hydrogens is 1470 g/mol. The smallest absolute Gasteiger partial charge is 0.308 e. The molecule has 0 N–H and O–H groups in total. The monoisotopic (exact) mass is 1510 g/mol. The van der Waals surface area contributed by atoms with Gasteiger partial charge in [-0.3, -0.25) is 0 Å². The van der Waals surface area contributed by atoms with E-state index in [2.05, 4.69) is 0 Å². The number of nitriles is 1. The van der Waals surface area contributed by atoms with Crippen molar-refractivity contribution in [2.75, 3.05) is 0 Å². The van der Waals surface area contributed by atoms with Crippen molar-refractivity contribution in [2.24, 2.45) is 0 Å². The first-order valence-corrected chi connectivity index (χ1v) is 31.5. The topological polar surface area (TPSA) is 59.4 Å². The normalized spacial score (nSPS) is 13.0. The molecule has 0 saturated heterocycles. The van der Waals surface area contributed by atoms with Gasteiger partial charge in [0, 0.05) is 32.7 Å². The Morgan fingerprint density at radius 3 is 0.750 bits per heavy atom. The minimum Gasteiger partial charge on any atom is -0.308 e. The number of aromatic nitrogens is 4. The first kappa shape index (κ1) is 72.8. The quantitative estimate of drug-likeness (QED) is 0.135. The Labute approximate surface area is 591 Å². The number of halogens is 24. The van der Waals surface area contributed by atoms with Crippen molar-refractivity contribution in [3.8, 4) is 95.9 Å². The summed E-state index contributed by atoms with van der Waals surface area (Å²) in [6.07, 6.45) is -43.4. The fourth-order valence-corrected chi connectivity index (χ4v) is 13.4. The van der Waals surface area contributed by atoms with Crippen molar-refractivity contribution in [2.45, 2.75) is 49.4 Å². The molecule has 3 aromatic heterocycles. The number of hydrogen-bond donors (Lipinski definition) is 0. The van der Waals surface area contributed by atoms with Gasteiger partial charge in [-0.1, -0.05) is 109 Å². The van der Waals surface area contributed by atoms with E-state index in [-0.39, 0.29) is 108 Å². The molecule has 108 heavy (non-hydrogen) atoms. The summed E-state index contributed by atoms with van der Waals surface area (Å²) in [7, 11) is 0. The molecule has 0 aliphatic carbocycles. The van der Waals surface area contributed by atoms with Crippen LogP contribution in [0.3, 0.4) is 0 Å². The molecule has 3 heterocycles. The summed E-state index contributed by atoms with van der Waals surface area (Å²) in [5, 5.41) is 10.4. The number of alkyl halides is 24. The fourth-order valence-electron chi connectivity index (χ4n) is 13.4. The van der Waals surface area contributed by atoms with Crippen LogP contribution in [0, 0.1) is 11.3 Å². The van der Waals surface area contributed by atoms with Crippen LogP contribution in [0.5, 0.6) is 0 Å². The van der Waals surface area contributed by atoms with E-state index in [9.17, 15) is 57.9 Å². The Kier molecular flexibility index (Phi) is 17.2. The van der Waals surface area contributed by atoms with Crippen molar-refractivity contribution < 1.29 is 105 Å². The summed E-state index contributed by atoms with van der Waals surface area (Å²) in [4.78, 5) is 10.2. The van der Waals surface area contributed by atoms with E-state index in [1.165, 1.54) is 21.3 Å². The van der Waals surface area contributed by atoms with Crippen LogP contribution in [-0.2, 0) is 49.4 Å². The summed E-state index contributed by atoms with van der Waals surface area (Å²) in [5.41, 5.74) is -20.2. The first-order valence-electron chi connectivity index (χ1n) is 31.5. The fraction of sp³-hybridized carbons (Fsp3) is 0.101. The van der Waals surface area contributed by atoms with Gasteiger partial charge in [0.15, 0.2) is 5.82 Å². The second kappa shape index (κ2) is 25.6. The number of nitrogens with zero attached hydrogens (tertiary/aromatic N) is 5. The van der Waals surface area contributed by atoms with Crippen LogP contribution in [0.4, 0.5) is 105 Å². The standard InChI is InChI=1S/C79H37F24N5/c80-72(81,82)46-15-19-50(58(33-46)76(92,93)94)42-11-23-64-54(29-42)55-30-43(51-20-16-47(73(83,84)85)34-59(51)77(95,96)97)12-24-65(55)107(64)68-27-39(38-104)28-69(70(68)71-105-62(40-7-3-1-4-8-40)37-63(106-71)41-9-5-2-6-10-41)108-66-25-13-44(52-21-17-48(74(86,87)88)35-60(52)78(98,99)100)31-56(66)57-32-45(14-26-67(57)108)53-22-18-49(75(89,90)91)36-61(53)79(101,102)103/h1-37H. The SMILES string of the molecule is N#Cc1cc(-n2c3ccc(-c4ccc(C(F)(F)F)cc4C(F)(F)F)cc3c3cc(-c4ccc(C(F)(F)F)cc4C(F)(F)F)ccc32)c(-c2nc(-c3ccccc3)cc(-c3ccccc3)n2)c(-n2c3ccc(-c4ccc(C(F)(F)F)cc4C(F)(F)F)cc3c3cc(-c4ccc(C(F)(F)F)cc4C(F)(F)F)ccc32)c1. The van der Waals surface area contributed by atoms with Gasteiger partial charge in [0.25, 0.3) is 0 Å². The van der Waals surface area contributed by atoms with E-state index in [0.29, 0.717) is 59.7 Å². The second-order valence-corrected chi connectivity index (χ2v) is 24.8. The van der Waals surface area contributed by atoms with E-state index in [4.69, 9.17) is 9.97 Å². The largest absolute Gasteiger partial charge is 0.417 e. The van der Waals surface area contributed by atoms with Crippen molar-refractivity contribution in [3.05, 3.63) is 275 Å². The highest BCUT2D eigenvalue weighted by molar-refractivity contribution is 6.15. The van der Waals surface area contributed by atoms with Crippen molar-refractivity contribution >= 4 is 43.6 Å². The molecule has 0 aliphatic rings. The Balaban J connectivity index is 1.15. The highest BCUT2D eigenvalue weighted by atomic mass is 19.4. The van der Waals surface area contributed by atoms with E-state index in [1.54, 1.807) is 66.7 Å². The molecular formula is C79H37F24N5. The van der Waals surface area contributed by atoms with Crippen LogP contribution < -0.4 is 0 Å². The van der Waals surface area contributed by atoms with Gasteiger partial charge in [-0.25, -0.2) is 9.97 Å². The molecule has 14 rings (SSSR count). The molecule has 0 fully saturated rings. The molecule has 0 saturated carbocycles. The molecule has 0 unspecified atom stereocenters. The van der Waals surface area contributed by atoms with Gasteiger partial charge in [-0.05, 0) is 160 Å². The molecule has 0 amide bonds. The van der Waals surface area contributed by atoms with E-state index < -0.39 is 138 Å². The average molecular weight is 1510 g/mol. The molecule has 0 radical (unpaired) electrons. The van der Waals surface area contributed by atoms with Crippen molar-refractivity contribution in [1.29, 1.82) is 5.26 Å². The lowest BCUT2D eigenvalue weighted by atomic mass is 9.94. The maximum atomic E-state index is 15.2. The first-order chi connectivity index (χ1) is 50.5. The van der Waals surface area contributed by atoms with Gasteiger partial charge < -0.3 is 9.13 Å². The van der Waals surface area contributed by atoms with E-state index in [0.717, 1.165) is 72.8 Å². The summed E-state index contributed by atoms with van der Waals surface area (Å²) in [6.45, 7) is 0. The van der Waals surface area contributed by atoms with Crippen LogP contribution in [0.1, 0.15) is 50.1 Å². The number of hydrogen-bond acceptors (Lipinski definition) is 3.